The Bertz CT molecular complexity index is 519. The summed E-state index contributed by atoms with van der Waals surface area (Å²) in [5.41, 5.74) is 0.512. The minimum absolute atomic E-state index is 0.0232. The van der Waals surface area contributed by atoms with Gasteiger partial charge in [0, 0.05) is 13.1 Å². The second-order valence-electron chi connectivity index (χ2n) is 5.74. The number of carboxylic acids is 1. The summed E-state index contributed by atoms with van der Waals surface area (Å²) in [6, 6.07) is 5.00. The summed E-state index contributed by atoms with van der Waals surface area (Å²) in [4.78, 5) is 24.0. The number of hydrogen-bond acceptors (Lipinski definition) is 3. The predicted molar refractivity (Wildman–Crippen MR) is 83.4 cm³/mol. The Kier molecular flexibility index (Phi) is 7.47. The first-order chi connectivity index (χ1) is 10.8. The van der Waals surface area contributed by atoms with Crippen LogP contribution in [0.25, 0.3) is 0 Å². The average molecular weight is 326 g/mol. The fourth-order valence-electron chi connectivity index (χ4n) is 2.07. The van der Waals surface area contributed by atoms with Crippen LogP contribution in [0.2, 0.25) is 0 Å². The summed E-state index contributed by atoms with van der Waals surface area (Å²) in [6.07, 6.45) is -1.11. The third-order valence-electron chi connectivity index (χ3n) is 3.14. The van der Waals surface area contributed by atoms with Crippen molar-refractivity contribution in [3.05, 3.63) is 35.6 Å². The van der Waals surface area contributed by atoms with E-state index in [4.69, 9.17) is 5.11 Å². The number of urea groups is 1. The summed E-state index contributed by atoms with van der Waals surface area (Å²) in [5.74, 6) is -1.21. The van der Waals surface area contributed by atoms with Crippen molar-refractivity contribution >= 4 is 12.0 Å². The topological polar surface area (TPSA) is 89.9 Å². The molecule has 0 aliphatic rings. The minimum atomic E-state index is -0.993. The molecule has 0 heterocycles. The lowest BCUT2D eigenvalue weighted by Crippen LogP contribution is -2.44. The highest BCUT2D eigenvalue weighted by Crippen LogP contribution is 2.16. The highest BCUT2D eigenvalue weighted by Gasteiger charge is 2.19. The van der Waals surface area contributed by atoms with Crippen LogP contribution in [0.3, 0.4) is 0 Å². The van der Waals surface area contributed by atoms with Gasteiger partial charge in [-0.2, -0.15) is 0 Å². The molecule has 0 saturated heterocycles. The van der Waals surface area contributed by atoms with E-state index in [-0.39, 0.29) is 25.4 Å². The number of benzene rings is 1. The van der Waals surface area contributed by atoms with Crippen molar-refractivity contribution in [3.8, 4) is 0 Å². The summed E-state index contributed by atoms with van der Waals surface area (Å²) in [5, 5.41) is 21.3. The fourth-order valence-corrected chi connectivity index (χ4v) is 2.07. The molecule has 0 bridgehead atoms. The van der Waals surface area contributed by atoms with Crippen LogP contribution >= 0.6 is 0 Å². The molecule has 1 rings (SSSR count). The minimum Gasteiger partial charge on any atom is -0.481 e. The van der Waals surface area contributed by atoms with Crippen molar-refractivity contribution < 1.29 is 24.2 Å². The van der Waals surface area contributed by atoms with Crippen LogP contribution in [-0.2, 0) is 4.79 Å². The van der Waals surface area contributed by atoms with E-state index in [0.717, 1.165) is 0 Å². The molecule has 2 amide bonds. The molecule has 0 spiro atoms. The summed E-state index contributed by atoms with van der Waals surface area (Å²) in [6.45, 7) is 4.35. The van der Waals surface area contributed by atoms with Gasteiger partial charge in [-0.1, -0.05) is 26.0 Å². The normalized spacial score (nSPS) is 12.0. The maximum atomic E-state index is 12.9. The highest BCUT2D eigenvalue weighted by atomic mass is 19.1. The summed E-state index contributed by atoms with van der Waals surface area (Å²) >= 11 is 0. The molecule has 0 saturated carbocycles. The average Bonchev–Trinajstić information content (AvgIpc) is 2.46. The second-order valence-corrected chi connectivity index (χ2v) is 5.74. The molecular weight excluding hydrogens is 303 g/mol. The van der Waals surface area contributed by atoms with Crippen LogP contribution in [0.5, 0.6) is 0 Å². The zero-order chi connectivity index (χ0) is 17.4. The van der Waals surface area contributed by atoms with Gasteiger partial charge in [0.1, 0.15) is 5.82 Å². The number of halogens is 1. The molecule has 23 heavy (non-hydrogen) atoms. The lowest BCUT2D eigenvalue weighted by molar-refractivity contribution is -0.136. The van der Waals surface area contributed by atoms with Gasteiger partial charge in [0.15, 0.2) is 0 Å². The van der Waals surface area contributed by atoms with Crippen molar-refractivity contribution in [1.29, 1.82) is 0 Å². The van der Waals surface area contributed by atoms with E-state index >= 15 is 0 Å². The van der Waals surface area contributed by atoms with E-state index in [1.165, 1.54) is 29.2 Å². The summed E-state index contributed by atoms with van der Waals surface area (Å²) in [7, 11) is 0. The van der Waals surface area contributed by atoms with Gasteiger partial charge in [-0.15, -0.1) is 0 Å². The molecule has 0 fully saturated rings. The number of carbonyl (C=O) groups excluding carboxylic acids is 1. The van der Waals surface area contributed by atoms with Gasteiger partial charge >= 0.3 is 12.0 Å². The Balaban J connectivity index is 2.67. The molecule has 0 aliphatic carbocycles. The Morgan fingerprint density at radius 1 is 1.22 bits per heavy atom. The van der Waals surface area contributed by atoms with Crippen molar-refractivity contribution in [2.24, 2.45) is 5.92 Å². The van der Waals surface area contributed by atoms with Crippen LogP contribution in [0.15, 0.2) is 24.3 Å². The van der Waals surface area contributed by atoms with Crippen molar-refractivity contribution in [2.75, 3.05) is 19.6 Å². The quantitative estimate of drug-likeness (QED) is 0.681. The number of carbonyl (C=O) groups is 2. The number of hydrogen-bond donors (Lipinski definition) is 3. The lowest BCUT2D eigenvalue weighted by atomic mass is 10.1. The second kappa shape index (κ2) is 9.09. The standard InChI is InChI=1S/C16H23FN2O4/c1-11(2)9-19(16(23)18-8-7-15(21)22)10-14(20)12-3-5-13(17)6-4-12/h3-6,11,14,20H,7-10H2,1-2H3,(H,18,23)(H,21,22). The van der Waals surface area contributed by atoms with E-state index < -0.39 is 23.9 Å². The van der Waals surface area contributed by atoms with Gasteiger partial charge in [0.2, 0.25) is 0 Å². The largest absolute Gasteiger partial charge is 0.481 e. The monoisotopic (exact) mass is 326 g/mol. The van der Waals surface area contributed by atoms with Crippen LogP contribution in [0, 0.1) is 11.7 Å². The predicted octanol–water partition coefficient (Wildman–Crippen LogP) is 2.00. The first-order valence-corrected chi connectivity index (χ1v) is 7.47. The first kappa shape index (κ1) is 18.9. The molecule has 0 aromatic heterocycles. The van der Waals surface area contributed by atoms with E-state index in [1.54, 1.807) is 0 Å². The number of carboxylic acid groups (broad SMARTS) is 1. The Hall–Kier alpha value is -2.15. The number of aliphatic hydroxyl groups excluding tert-OH is 1. The Morgan fingerprint density at radius 2 is 1.83 bits per heavy atom. The van der Waals surface area contributed by atoms with Gasteiger partial charge in [0.25, 0.3) is 0 Å². The molecule has 0 aliphatic heterocycles. The Labute approximate surface area is 134 Å². The molecule has 128 valence electrons. The molecule has 1 aromatic carbocycles. The summed E-state index contributed by atoms with van der Waals surface area (Å²) < 4.78 is 12.9. The first-order valence-electron chi connectivity index (χ1n) is 7.47. The van der Waals surface area contributed by atoms with Crippen molar-refractivity contribution in [2.45, 2.75) is 26.4 Å². The maximum Gasteiger partial charge on any atom is 0.317 e. The molecule has 7 heteroatoms. The van der Waals surface area contributed by atoms with Crippen LogP contribution < -0.4 is 5.32 Å². The van der Waals surface area contributed by atoms with E-state index in [9.17, 15) is 19.1 Å². The van der Waals surface area contributed by atoms with Crippen LogP contribution in [0.1, 0.15) is 31.9 Å². The van der Waals surface area contributed by atoms with E-state index in [2.05, 4.69) is 5.32 Å². The third-order valence-corrected chi connectivity index (χ3v) is 3.14. The maximum absolute atomic E-state index is 12.9. The number of nitrogens with one attached hydrogen (secondary N) is 1. The van der Waals surface area contributed by atoms with Gasteiger partial charge < -0.3 is 20.4 Å². The molecule has 6 nitrogen and oxygen atoms in total. The molecular formula is C16H23FN2O4. The van der Waals surface area contributed by atoms with Crippen molar-refractivity contribution in [1.82, 2.24) is 10.2 Å². The van der Waals surface area contributed by atoms with Gasteiger partial charge in [0.05, 0.1) is 19.1 Å². The van der Waals surface area contributed by atoms with E-state index in [1.807, 2.05) is 13.8 Å². The van der Waals surface area contributed by atoms with E-state index in [0.29, 0.717) is 12.1 Å². The number of aliphatic carboxylic acids is 1. The van der Waals surface area contributed by atoms with Crippen molar-refractivity contribution in [3.63, 3.8) is 0 Å². The number of aliphatic hydroxyl groups is 1. The number of rotatable bonds is 8. The lowest BCUT2D eigenvalue weighted by Gasteiger charge is -2.27. The zero-order valence-corrected chi connectivity index (χ0v) is 13.3. The smallest absolute Gasteiger partial charge is 0.317 e. The Morgan fingerprint density at radius 3 is 2.35 bits per heavy atom. The fraction of sp³-hybridized carbons (Fsp3) is 0.500. The van der Waals surface area contributed by atoms with Gasteiger partial charge in [-0.3, -0.25) is 4.79 Å². The third kappa shape index (κ3) is 7.10. The molecule has 3 N–H and O–H groups in total. The SMILES string of the molecule is CC(C)CN(CC(O)c1ccc(F)cc1)C(=O)NCCC(=O)O. The van der Waals surface area contributed by atoms with Gasteiger partial charge in [-0.25, -0.2) is 9.18 Å². The molecule has 1 unspecified atom stereocenters. The number of nitrogens with zero attached hydrogens (tertiary/aromatic N) is 1. The molecule has 1 atom stereocenters. The zero-order valence-electron chi connectivity index (χ0n) is 13.3. The molecule has 0 radical (unpaired) electrons. The highest BCUT2D eigenvalue weighted by molar-refractivity contribution is 5.75. The van der Waals surface area contributed by atoms with Gasteiger partial charge in [-0.05, 0) is 23.6 Å². The number of amides is 2. The molecule has 1 aromatic rings. The van der Waals surface area contributed by atoms with Crippen LogP contribution in [0.4, 0.5) is 9.18 Å². The van der Waals surface area contributed by atoms with Crippen LogP contribution in [-0.4, -0.2) is 46.7 Å².